The number of piperazine rings is 1. The predicted octanol–water partition coefficient (Wildman–Crippen LogP) is 3.15. The van der Waals surface area contributed by atoms with E-state index >= 15 is 0 Å². The molecule has 0 bridgehead atoms. The molecule has 0 aliphatic carbocycles. The van der Waals surface area contributed by atoms with Gasteiger partial charge in [-0.15, -0.1) is 0 Å². The van der Waals surface area contributed by atoms with Crippen LogP contribution in [0.3, 0.4) is 0 Å². The molecular formula is C21H22ClFN6. The van der Waals surface area contributed by atoms with E-state index in [0.717, 1.165) is 48.7 Å². The first-order valence-electron chi connectivity index (χ1n) is 9.52. The second kappa shape index (κ2) is 8.82. The minimum absolute atomic E-state index is 0.101. The molecule has 0 spiro atoms. The third kappa shape index (κ3) is 4.37. The number of hydrogen-bond acceptors (Lipinski definition) is 6. The van der Waals surface area contributed by atoms with Crippen LogP contribution in [0, 0.1) is 5.82 Å². The molecule has 3 heterocycles. The molecule has 8 heteroatoms. The molecule has 0 amide bonds. The number of rotatable bonds is 5. The molecule has 3 aromatic rings. The molecule has 2 N–H and O–H groups in total. The van der Waals surface area contributed by atoms with Crippen LogP contribution in [0.1, 0.15) is 11.6 Å². The summed E-state index contributed by atoms with van der Waals surface area (Å²) in [6, 6.07) is 10.3. The van der Waals surface area contributed by atoms with Gasteiger partial charge < -0.3 is 10.6 Å². The average Bonchev–Trinajstić information content (AvgIpc) is 2.77. The van der Waals surface area contributed by atoms with Crippen LogP contribution in [0.15, 0.2) is 55.1 Å². The molecule has 2 aromatic heterocycles. The van der Waals surface area contributed by atoms with Gasteiger partial charge in [-0.1, -0.05) is 29.8 Å². The topological polar surface area (TPSA) is 71.2 Å². The first-order valence-corrected chi connectivity index (χ1v) is 9.90. The summed E-state index contributed by atoms with van der Waals surface area (Å²) in [5.74, 6) is 0.606. The Hall–Kier alpha value is -2.61. The SMILES string of the molecule is NCC(c1ccc(Cl)nc1)N1CCN(c2ncncc2-c2ccc(F)cc2)CC1. The second-order valence-corrected chi connectivity index (χ2v) is 7.34. The maximum Gasteiger partial charge on any atom is 0.139 e. The number of benzene rings is 1. The van der Waals surface area contributed by atoms with E-state index in [1.165, 1.54) is 12.1 Å². The van der Waals surface area contributed by atoms with Crippen LogP contribution in [-0.2, 0) is 0 Å². The Morgan fingerprint density at radius 3 is 2.41 bits per heavy atom. The molecule has 1 aliphatic heterocycles. The van der Waals surface area contributed by atoms with Crippen LogP contribution in [0.4, 0.5) is 10.2 Å². The zero-order chi connectivity index (χ0) is 20.2. The van der Waals surface area contributed by atoms with Crippen LogP contribution in [0.25, 0.3) is 11.1 Å². The maximum atomic E-state index is 13.3. The summed E-state index contributed by atoms with van der Waals surface area (Å²) in [6.45, 7) is 3.82. The molecule has 1 aliphatic rings. The van der Waals surface area contributed by atoms with E-state index in [9.17, 15) is 4.39 Å². The zero-order valence-corrected chi connectivity index (χ0v) is 16.6. The predicted molar refractivity (Wildman–Crippen MR) is 112 cm³/mol. The Balaban J connectivity index is 1.50. The molecular weight excluding hydrogens is 391 g/mol. The number of nitrogens with two attached hydrogens (primary N) is 1. The van der Waals surface area contributed by atoms with E-state index in [1.807, 2.05) is 6.07 Å². The number of anilines is 1. The lowest BCUT2D eigenvalue weighted by Gasteiger charge is -2.40. The lowest BCUT2D eigenvalue weighted by Crippen LogP contribution is -2.49. The van der Waals surface area contributed by atoms with Crippen molar-refractivity contribution in [2.45, 2.75) is 6.04 Å². The number of halogens is 2. The van der Waals surface area contributed by atoms with Gasteiger partial charge in [0.1, 0.15) is 23.1 Å². The summed E-state index contributed by atoms with van der Waals surface area (Å²) in [7, 11) is 0. The standard InChI is InChI=1S/C21H22ClFN6/c22-20-6-3-16(12-26-20)19(11-24)28-7-9-29(10-8-28)21-18(13-25-14-27-21)15-1-4-17(23)5-2-15/h1-6,12-14,19H,7-11,24H2. The van der Waals surface area contributed by atoms with Crippen molar-refractivity contribution in [3.8, 4) is 11.1 Å². The van der Waals surface area contributed by atoms with Gasteiger partial charge >= 0.3 is 0 Å². The third-order valence-corrected chi connectivity index (χ3v) is 5.48. The number of pyridine rings is 1. The highest BCUT2D eigenvalue weighted by Gasteiger charge is 2.26. The monoisotopic (exact) mass is 412 g/mol. The van der Waals surface area contributed by atoms with E-state index in [4.69, 9.17) is 17.3 Å². The molecule has 150 valence electrons. The van der Waals surface area contributed by atoms with Crippen molar-refractivity contribution >= 4 is 17.4 Å². The average molecular weight is 413 g/mol. The van der Waals surface area contributed by atoms with E-state index < -0.39 is 0 Å². The smallest absolute Gasteiger partial charge is 0.139 e. The zero-order valence-electron chi connectivity index (χ0n) is 15.9. The van der Waals surface area contributed by atoms with Crippen LogP contribution >= 0.6 is 11.6 Å². The second-order valence-electron chi connectivity index (χ2n) is 6.96. The molecule has 1 saturated heterocycles. The van der Waals surface area contributed by atoms with Crippen LogP contribution in [0.5, 0.6) is 0 Å². The van der Waals surface area contributed by atoms with Gasteiger partial charge in [-0.3, -0.25) is 4.90 Å². The number of aromatic nitrogens is 3. The molecule has 6 nitrogen and oxygen atoms in total. The van der Waals surface area contributed by atoms with Crippen molar-refractivity contribution in [3.63, 3.8) is 0 Å². The molecule has 0 saturated carbocycles. The molecule has 1 aromatic carbocycles. The largest absolute Gasteiger partial charge is 0.353 e. The van der Waals surface area contributed by atoms with Crippen molar-refractivity contribution in [2.75, 3.05) is 37.6 Å². The Morgan fingerprint density at radius 2 is 1.76 bits per heavy atom. The highest BCUT2D eigenvalue weighted by Crippen LogP contribution is 2.30. The summed E-state index contributed by atoms with van der Waals surface area (Å²) < 4.78 is 13.3. The Labute approximate surface area is 174 Å². The van der Waals surface area contributed by atoms with Gasteiger partial charge in [-0.2, -0.15) is 0 Å². The van der Waals surface area contributed by atoms with Crippen LogP contribution in [-0.4, -0.2) is 52.6 Å². The van der Waals surface area contributed by atoms with E-state index in [2.05, 4.69) is 24.8 Å². The highest BCUT2D eigenvalue weighted by molar-refractivity contribution is 6.29. The minimum atomic E-state index is -0.259. The van der Waals surface area contributed by atoms with E-state index in [1.54, 1.807) is 36.9 Å². The molecule has 1 unspecified atom stereocenters. The van der Waals surface area contributed by atoms with Crippen LogP contribution in [0.2, 0.25) is 5.15 Å². The number of hydrogen-bond donors (Lipinski definition) is 1. The quantitative estimate of drug-likeness (QED) is 0.649. The van der Waals surface area contributed by atoms with Gasteiger partial charge in [-0.05, 0) is 29.3 Å². The van der Waals surface area contributed by atoms with Gasteiger partial charge in [0.05, 0.1) is 0 Å². The Bertz CT molecular complexity index is 942. The lowest BCUT2D eigenvalue weighted by molar-refractivity contribution is 0.189. The van der Waals surface area contributed by atoms with Crippen molar-refractivity contribution in [3.05, 3.63) is 71.7 Å². The summed E-state index contributed by atoms with van der Waals surface area (Å²) in [6.07, 6.45) is 5.13. The molecule has 1 atom stereocenters. The summed E-state index contributed by atoms with van der Waals surface area (Å²) in [5, 5.41) is 0.478. The van der Waals surface area contributed by atoms with Crippen molar-refractivity contribution in [2.24, 2.45) is 5.73 Å². The Kier molecular flexibility index (Phi) is 5.99. The van der Waals surface area contributed by atoms with Gasteiger partial charge in [0, 0.05) is 56.7 Å². The fraction of sp³-hybridized carbons (Fsp3) is 0.286. The van der Waals surface area contributed by atoms with E-state index in [-0.39, 0.29) is 11.9 Å². The van der Waals surface area contributed by atoms with Crippen molar-refractivity contribution < 1.29 is 4.39 Å². The molecule has 4 rings (SSSR count). The van der Waals surface area contributed by atoms with Crippen molar-refractivity contribution in [1.82, 2.24) is 19.9 Å². The summed E-state index contributed by atoms with van der Waals surface area (Å²) in [4.78, 5) is 17.5. The van der Waals surface area contributed by atoms with Gasteiger partial charge in [0.15, 0.2) is 0 Å². The minimum Gasteiger partial charge on any atom is -0.353 e. The Morgan fingerprint density at radius 1 is 1.00 bits per heavy atom. The molecule has 0 radical (unpaired) electrons. The molecule has 29 heavy (non-hydrogen) atoms. The summed E-state index contributed by atoms with van der Waals surface area (Å²) in [5.41, 5.74) is 8.93. The third-order valence-electron chi connectivity index (χ3n) is 5.26. The summed E-state index contributed by atoms with van der Waals surface area (Å²) >= 11 is 5.91. The van der Waals surface area contributed by atoms with Gasteiger partial charge in [-0.25, -0.2) is 19.3 Å². The maximum absolute atomic E-state index is 13.3. The van der Waals surface area contributed by atoms with E-state index in [0.29, 0.717) is 11.7 Å². The van der Waals surface area contributed by atoms with Gasteiger partial charge in [0.2, 0.25) is 0 Å². The van der Waals surface area contributed by atoms with Crippen LogP contribution < -0.4 is 10.6 Å². The normalized spacial score (nSPS) is 16.0. The van der Waals surface area contributed by atoms with Crippen molar-refractivity contribution in [1.29, 1.82) is 0 Å². The molecule has 1 fully saturated rings. The highest BCUT2D eigenvalue weighted by atomic mass is 35.5. The number of nitrogens with zero attached hydrogens (tertiary/aromatic N) is 5. The fourth-order valence-corrected chi connectivity index (χ4v) is 3.85. The van der Waals surface area contributed by atoms with Gasteiger partial charge in [0.25, 0.3) is 0 Å². The first kappa shape index (κ1) is 19.7. The lowest BCUT2D eigenvalue weighted by atomic mass is 10.1. The fourth-order valence-electron chi connectivity index (χ4n) is 3.73. The first-order chi connectivity index (χ1) is 14.2.